The van der Waals surface area contributed by atoms with Crippen molar-refractivity contribution in [3.8, 4) is 5.75 Å². The van der Waals surface area contributed by atoms with Crippen molar-refractivity contribution in [2.45, 2.75) is 6.92 Å². The maximum atomic E-state index is 8.92. The molecule has 0 aliphatic rings. The highest BCUT2D eigenvalue weighted by Crippen LogP contribution is 2.12. The van der Waals surface area contributed by atoms with Gasteiger partial charge in [-0.3, -0.25) is 0 Å². The molecule has 0 bridgehead atoms. The van der Waals surface area contributed by atoms with E-state index in [2.05, 4.69) is 0 Å². The molecule has 0 aromatic heterocycles. The van der Waals surface area contributed by atoms with Gasteiger partial charge < -0.3 is 10.3 Å². The van der Waals surface area contributed by atoms with Crippen LogP contribution in [0, 0.1) is 17.0 Å². The smallest absolute Gasteiger partial charge is 0.291 e. The summed E-state index contributed by atoms with van der Waals surface area (Å²) in [4.78, 5) is 8.36. The first-order valence-electron chi connectivity index (χ1n) is 3.12. The molecule has 0 saturated heterocycles. The topological polar surface area (TPSA) is 83.6 Å². The van der Waals surface area contributed by atoms with E-state index in [0.717, 1.165) is 5.56 Å². The van der Waals surface area contributed by atoms with E-state index in [9.17, 15) is 0 Å². The van der Waals surface area contributed by atoms with Gasteiger partial charge in [0, 0.05) is 0 Å². The van der Waals surface area contributed by atoms with Crippen molar-refractivity contribution in [1.82, 2.24) is 0 Å². The van der Waals surface area contributed by atoms with Crippen LogP contribution in [0.5, 0.6) is 5.75 Å². The molecule has 0 heterocycles. The number of phenols is 1. The first-order chi connectivity index (χ1) is 5.54. The van der Waals surface area contributed by atoms with Crippen LogP contribution in [0.2, 0.25) is 0 Å². The normalized spacial score (nSPS) is 8.08. The zero-order chi connectivity index (χ0) is 9.56. The van der Waals surface area contributed by atoms with Crippen LogP contribution in [-0.2, 0) is 0 Å². The Hall–Kier alpha value is -1.78. The third-order valence-corrected chi connectivity index (χ3v) is 1.12. The average molecular weight is 171 g/mol. The van der Waals surface area contributed by atoms with Crippen LogP contribution in [0.1, 0.15) is 5.56 Å². The minimum atomic E-state index is -1.50. The maximum Gasteiger partial charge on any atom is 0.291 e. The molecule has 0 aliphatic carbocycles. The number of benzene rings is 1. The number of aryl methyl sites for hydroxylation is 1. The summed E-state index contributed by atoms with van der Waals surface area (Å²) in [5.74, 6) is 0.368. The summed E-state index contributed by atoms with van der Waals surface area (Å²) in [7, 11) is 0. The Labute approximate surface area is 69.0 Å². The minimum absolute atomic E-state index is 0.368. The van der Waals surface area contributed by atoms with Crippen molar-refractivity contribution in [3.05, 3.63) is 39.9 Å². The van der Waals surface area contributed by atoms with Gasteiger partial charge in [-0.15, -0.1) is 10.1 Å². The lowest BCUT2D eigenvalue weighted by molar-refractivity contribution is -0.742. The zero-order valence-electron chi connectivity index (χ0n) is 6.47. The molecule has 0 fully saturated rings. The predicted molar refractivity (Wildman–Crippen MR) is 41.6 cm³/mol. The largest absolute Gasteiger partial charge is 0.508 e. The summed E-state index contributed by atoms with van der Waals surface area (Å²) < 4.78 is 0. The van der Waals surface area contributed by atoms with Gasteiger partial charge in [0.15, 0.2) is 0 Å². The van der Waals surface area contributed by atoms with E-state index >= 15 is 0 Å². The number of hydrogen-bond acceptors (Lipinski definition) is 3. The van der Waals surface area contributed by atoms with Gasteiger partial charge in [-0.1, -0.05) is 18.2 Å². The van der Waals surface area contributed by atoms with Crippen molar-refractivity contribution in [1.29, 1.82) is 0 Å². The van der Waals surface area contributed by atoms with Gasteiger partial charge in [0.2, 0.25) is 0 Å². The Kier molecular flexibility index (Phi) is 4.21. The summed E-state index contributed by atoms with van der Waals surface area (Å²) >= 11 is 0. The summed E-state index contributed by atoms with van der Waals surface area (Å²) in [6.07, 6.45) is 0. The van der Waals surface area contributed by atoms with Crippen LogP contribution >= 0.6 is 0 Å². The lowest BCUT2D eigenvalue weighted by Gasteiger charge is -1.92. The highest BCUT2D eigenvalue weighted by molar-refractivity contribution is 5.29. The van der Waals surface area contributed by atoms with Gasteiger partial charge >= 0.3 is 0 Å². The summed E-state index contributed by atoms with van der Waals surface area (Å²) in [6.45, 7) is 1.87. The van der Waals surface area contributed by atoms with Crippen LogP contribution < -0.4 is 0 Å². The molecule has 0 radical (unpaired) electrons. The fourth-order valence-electron chi connectivity index (χ4n) is 0.563. The predicted octanol–water partition coefficient (Wildman–Crippen LogP) is 1.35. The van der Waals surface area contributed by atoms with Crippen LogP contribution in [0.3, 0.4) is 0 Å². The quantitative estimate of drug-likeness (QED) is 0.456. The molecule has 0 amide bonds. The summed E-state index contributed by atoms with van der Waals surface area (Å²) in [6, 6.07) is 7.25. The Morgan fingerprint density at radius 1 is 1.42 bits per heavy atom. The van der Waals surface area contributed by atoms with E-state index in [1.165, 1.54) is 0 Å². The lowest BCUT2D eigenvalue weighted by Crippen LogP contribution is -1.81. The number of aromatic hydroxyl groups is 1. The summed E-state index contributed by atoms with van der Waals surface area (Å²) in [5.41, 5.74) is 0.924. The molecule has 1 aromatic rings. The third kappa shape index (κ3) is 5.04. The number of hydrogen-bond donors (Lipinski definition) is 2. The fourth-order valence-corrected chi connectivity index (χ4v) is 0.563. The molecule has 0 saturated carbocycles. The molecular weight excluding hydrogens is 162 g/mol. The second-order valence-corrected chi connectivity index (χ2v) is 2.02. The molecule has 5 heteroatoms. The van der Waals surface area contributed by atoms with E-state index in [1.54, 1.807) is 6.07 Å². The van der Waals surface area contributed by atoms with E-state index < -0.39 is 5.09 Å². The number of para-hydroxylation sites is 1. The van der Waals surface area contributed by atoms with Gasteiger partial charge in [0.1, 0.15) is 5.75 Å². The first kappa shape index (κ1) is 10.2. The first-order valence-corrected chi connectivity index (χ1v) is 3.12. The van der Waals surface area contributed by atoms with E-state index in [-0.39, 0.29) is 0 Å². The number of rotatable bonds is 0. The van der Waals surface area contributed by atoms with E-state index in [4.69, 9.17) is 20.4 Å². The molecule has 66 valence electrons. The summed E-state index contributed by atoms with van der Waals surface area (Å²) in [5, 5.41) is 22.6. The maximum absolute atomic E-state index is 8.92. The SMILES string of the molecule is Cc1ccccc1O.O=[N+]([O-])O. The highest BCUT2D eigenvalue weighted by Gasteiger charge is 1.86. The molecule has 0 atom stereocenters. The molecule has 1 rings (SSSR count). The van der Waals surface area contributed by atoms with Crippen molar-refractivity contribution in [2.75, 3.05) is 0 Å². The van der Waals surface area contributed by atoms with Crippen molar-refractivity contribution >= 4 is 0 Å². The van der Waals surface area contributed by atoms with Gasteiger partial charge in [0.25, 0.3) is 5.09 Å². The van der Waals surface area contributed by atoms with Crippen LogP contribution in [0.4, 0.5) is 0 Å². The van der Waals surface area contributed by atoms with Gasteiger partial charge in [-0.25, -0.2) is 0 Å². The molecule has 0 spiro atoms. The van der Waals surface area contributed by atoms with Crippen LogP contribution in [0.25, 0.3) is 0 Å². The van der Waals surface area contributed by atoms with E-state index in [1.807, 2.05) is 25.1 Å². The van der Waals surface area contributed by atoms with Crippen molar-refractivity contribution in [3.63, 3.8) is 0 Å². The van der Waals surface area contributed by atoms with Crippen molar-refractivity contribution in [2.24, 2.45) is 0 Å². The van der Waals surface area contributed by atoms with Gasteiger partial charge in [0.05, 0.1) is 0 Å². The molecule has 12 heavy (non-hydrogen) atoms. The molecular formula is C7H9NO4. The van der Waals surface area contributed by atoms with Crippen LogP contribution in [0.15, 0.2) is 24.3 Å². The highest BCUT2D eigenvalue weighted by atomic mass is 16.9. The second kappa shape index (κ2) is 4.95. The Morgan fingerprint density at radius 2 is 1.83 bits per heavy atom. The standard InChI is InChI=1S/C7H8O.HNO3/c1-6-4-2-3-5-7(6)8;2-1(3)4/h2-5,8H,1H3;(H,2,3,4). The molecule has 2 N–H and O–H groups in total. The number of nitrogens with zero attached hydrogens (tertiary/aromatic N) is 1. The average Bonchev–Trinajstić information content (AvgIpc) is 1.94. The second-order valence-electron chi connectivity index (χ2n) is 2.02. The molecule has 5 nitrogen and oxygen atoms in total. The minimum Gasteiger partial charge on any atom is -0.508 e. The Bertz CT molecular complexity index is 236. The Morgan fingerprint density at radius 3 is 2.08 bits per heavy atom. The fraction of sp³-hybridized carbons (Fsp3) is 0.143. The van der Waals surface area contributed by atoms with Gasteiger partial charge in [-0.05, 0) is 18.6 Å². The van der Waals surface area contributed by atoms with Crippen LogP contribution in [-0.4, -0.2) is 15.4 Å². The molecule has 0 aliphatic heterocycles. The molecule has 0 unspecified atom stereocenters. The van der Waals surface area contributed by atoms with E-state index in [0.29, 0.717) is 5.75 Å². The zero-order valence-corrected chi connectivity index (χ0v) is 6.47. The monoisotopic (exact) mass is 171 g/mol. The number of phenolic OH excluding ortho intramolecular Hbond substituents is 1. The molecule has 1 aromatic carbocycles. The van der Waals surface area contributed by atoms with Gasteiger partial charge in [-0.2, -0.15) is 0 Å². The van der Waals surface area contributed by atoms with Crippen molar-refractivity contribution < 1.29 is 15.4 Å². The lowest BCUT2D eigenvalue weighted by atomic mass is 10.2. The third-order valence-electron chi connectivity index (χ3n) is 1.12. The Balaban J connectivity index is 0.000000261.